The van der Waals surface area contributed by atoms with Crippen LogP contribution in [0.5, 0.6) is 5.75 Å². The van der Waals surface area contributed by atoms with E-state index in [4.69, 9.17) is 21.0 Å². The van der Waals surface area contributed by atoms with Gasteiger partial charge in [-0.3, -0.25) is 19.1 Å². The predicted molar refractivity (Wildman–Crippen MR) is 154 cm³/mol. The standard InChI is InChI=1S/C24H30N8O9S2/c1-11-17(22(34)32(11)43(37,38)39)29-21(33)19(18-12(2)42-24(26)30-18)31-41-16(23(35)36)10-40-15-5-3-13(4-6-15)20(25)28-14-7-8-27-9-14/h3-6,11,14,16-17,27H,7-10H2,1-2H3,(H2,25,28)(H2,26,30)(H,29,33)(H,35,36)(H,37,38,39)/b31-19-/t11-,14-,16+,17+/m1/s1. The van der Waals surface area contributed by atoms with Crippen molar-refractivity contribution >= 4 is 56.1 Å². The molecule has 2 amide bonds. The van der Waals surface area contributed by atoms with Crippen LogP contribution in [0.25, 0.3) is 0 Å². The number of nitrogens with two attached hydrogens (primary N) is 2. The lowest BCUT2D eigenvalue weighted by atomic mass is 10.0. The lowest BCUT2D eigenvalue weighted by Crippen LogP contribution is -2.71. The number of benzene rings is 1. The van der Waals surface area contributed by atoms with E-state index in [0.717, 1.165) is 30.8 Å². The first-order chi connectivity index (χ1) is 20.3. The molecule has 2 aromatic rings. The van der Waals surface area contributed by atoms with Gasteiger partial charge in [0.2, 0.25) is 0 Å². The summed E-state index contributed by atoms with van der Waals surface area (Å²) in [5.74, 6) is -2.89. The number of oxime groups is 1. The van der Waals surface area contributed by atoms with Gasteiger partial charge in [0, 0.05) is 17.0 Å². The summed E-state index contributed by atoms with van der Waals surface area (Å²) in [5.41, 5.74) is 11.9. The number of ether oxygens (including phenoxy) is 1. The quantitative estimate of drug-likeness (QED) is 0.0529. The molecule has 43 heavy (non-hydrogen) atoms. The number of nitrogen functional groups attached to an aromatic ring is 1. The number of hydrogen-bond acceptors (Lipinski definition) is 13. The summed E-state index contributed by atoms with van der Waals surface area (Å²) in [6.07, 6.45) is -0.788. The Labute approximate surface area is 249 Å². The van der Waals surface area contributed by atoms with Crippen LogP contribution in [0, 0.1) is 6.92 Å². The highest BCUT2D eigenvalue weighted by molar-refractivity contribution is 7.84. The molecule has 17 nitrogen and oxygen atoms in total. The Bertz CT molecular complexity index is 1550. The van der Waals surface area contributed by atoms with Gasteiger partial charge >= 0.3 is 16.3 Å². The normalized spacial score (nSPS) is 21.7. The minimum absolute atomic E-state index is 0.0423. The molecule has 4 atom stereocenters. The summed E-state index contributed by atoms with van der Waals surface area (Å²) >= 11 is 1.02. The van der Waals surface area contributed by atoms with Crippen molar-refractivity contribution in [3.05, 3.63) is 40.4 Å². The van der Waals surface area contributed by atoms with Crippen LogP contribution in [0.4, 0.5) is 5.13 Å². The van der Waals surface area contributed by atoms with E-state index in [9.17, 15) is 32.5 Å². The van der Waals surface area contributed by atoms with Crippen LogP contribution in [-0.4, -0.2) is 101 Å². The number of anilines is 1. The molecule has 3 heterocycles. The van der Waals surface area contributed by atoms with Gasteiger partial charge in [-0.25, -0.2) is 14.1 Å². The number of thiazole rings is 1. The molecule has 2 saturated heterocycles. The Hall–Kier alpha value is -4.33. The molecule has 2 aliphatic heterocycles. The number of nitrogens with one attached hydrogen (secondary N) is 2. The molecule has 2 fully saturated rings. The van der Waals surface area contributed by atoms with E-state index in [1.807, 2.05) is 0 Å². The zero-order valence-electron chi connectivity index (χ0n) is 23.0. The number of hydrogen-bond donors (Lipinski definition) is 6. The molecule has 0 saturated carbocycles. The van der Waals surface area contributed by atoms with Crippen molar-refractivity contribution < 1.29 is 42.0 Å². The third-order valence-electron chi connectivity index (χ3n) is 6.58. The van der Waals surface area contributed by atoms with Gasteiger partial charge in [-0.15, -0.1) is 11.3 Å². The Morgan fingerprint density at radius 3 is 2.56 bits per heavy atom. The topological polar surface area (TPSA) is 261 Å². The number of aliphatic carboxylic acids is 1. The molecule has 0 radical (unpaired) electrons. The highest BCUT2D eigenvalue weighted by atomic mass is 32.2. The first-order valence-corrected chi connectivity index (χ1v) is 15.1. The van der Waals surface area contributed by atoms with Crippen molar-refractivity contribution in [1.29, 1.82) is 0 Å². The third kappa shape index (κ3) is 7.37. The molecule has 1 aromatic carbocycles. The van der Waals surface area contributed by atoms with Crippen molar-refractivity contribution in [2.24, 2.45) is 15.9 Å². The zero-order valence-corrected chi connectivity index (χ0v) is 24.6. The maximum absolute atomic E-state index is 13.1. The number of aromatic nitrogens is 1. The number of carbonyl (C=O) groups excluding carboxylic acids is 2. The average molecular weight is 639 g/mol. The van der Waals surface area contributed by atoms with Gasteiger partial charge in [0.15, 0.2) is 10.8 Å². The molecule has 1 aromatic heterocycles. The van der Waals surface area contributed by atoms with E-state index < -0.39 is 58.6 Å². The summed E-state index contributed by atoms with van der Waals surface area (Å²) in [6.45, 7) is 3.99. The molecule has 0 unspecified atom stereocenters. The first-order valence-electron chi connectivity index (χ1n) is 12.8. The Kier molecular flexibility index (Phi) is 9.48. The van der Waals surface area contributed by atoms with Crippen LogP contribution in [0.2, 0.25) is 0 Å². The van der Waals surface area contributed by atoms with Gasteiger partial charge in [-0.2, -0.15) is 8.42 Å². The van der Waals surface area contributed by atoms with E-state index in [2.05, 4.69) is 25.8 Å². The van der Waals surface area contributed by atoms with Gasteiger partial charge in [0.1, 0.15) is 29.9 Å². The Balaban J connectivity index is 1.46. The molecule has 232 valence electrons. The van der Waals surface area contributed by atoms with Gasteiger partial charge in [0.05, 0.1) is 12.1 Å². The lowest BCUT2D eigenvalue weighted by Gasteiger charge is -2.42. The number of nitrogens with zero attached hydrogens (tertiary/aromatic N) is 4. The second-order valence-electron chi connectivity index (χ2n) is 9.63. The largest absolute Gasteiger partial charge is 0.489 e. The van der Waals surface area contributed by atoms with Crippen LogP contribution < -0.4 is 26.8 Å². The molecule has 0 spiro atoms. The first kappa shape index (κ1) is 31.6. The van der Waals surface area contributed by atoms with Crippen LogP contribution in [0.15, 0.2) is 34.4 Å². The number of aryl methyl sites for hydroxylation is 1. The fraction of sp³-hybridized carbons (Fsp3) is 0.417. The van der Waals surface area contributed by atoms with Crippen LogP contribution >= 0.6 is 11.3 Å². The van der Waals surface area contributed by atoms with Crippen molar-refractivity contribution in [1.82, 2.24) is 19.9 Å². The number of carbonyl (C=O) groups is 3. The predicted octanol–water partition coefficient (Wildman–Crippen LogP) is -1.13. The molecule has 2 aliphatic rings. The number of carboxylic acids is 1. The number of rotatable bonds is 12. The summed E-state index contributed by atoms with van der Waals surface area (Å²) in [4.78, 5) is 51.4. The summed E-state index contributed by atoms with van der Waals surface area (Å²) < 4.78 is 37.7. The molecule has 4 rings (SSSR count). The van der Waals surface area contributed by atoms with Gasteiger partial charge in [0.25, 0.3) is 17.9 Å². The van der Waals surface area contributed by atoms with E-state index in [-0.39, 0.29) is 21.2 Å². The number of amides is 2. The maximum Gasteiger partial charge on any atom is 0.362 e. The average Bonchev–Trinajstić information content (AvgIpc) is 3.57. The summed E-state index contributed by atoms with van der Waals surface area (Å²) in [7, 11) is -4.82. The van der Waals surface area contributed by atoms with Crippen molar-refractivity contribution in [2.75, 3.05) is 25.4 Å². The molecule has 8 N–H and O–H groups in total. The highest BCUT2D eigenvalue weighted by Gasteiger charge is 2.51. The highest BCUT2D eigenvalue weighted by Crippen LogP contribution is 2.24. The van der Waals surface area contributed by atoms with Crippen molar-refractivity contribution in [3.8, 4) is 5.75 Å². The van der Waals surface area contributed by atoms with Crippen LogP contribution in [0.3, 0.4) is 0 Å². The Morgan fingerprint density at radius 2 is 2.02 bits per heavy atom. The molecular weight excluding hydrogens is 608 g/mol. The van der Waals surface area contributed by atoms with Gasteiger partial charge in [-0.1, -0.05) is 5.16 Å². The molecular formula is C24H30N8O9S2. The molecule has 0 bridgehead atoms. The second kappa shape index (κ2) is 12.9. The van der Waals surface area contributed by atoms with E-state index in [1.54, 1.807) is 31.2 Å². The number of aliphatic imine (C=N–C) groups is 1. The summed E-state index contributed by atoms with van der Waals surface area (Å²) in [5, 5.41) is 19.0. The van der Waals surface area contributed by atoms with Crippen molar-refractivity contribution in [2.45, 2.75) is 44.5 Å². The van der Waals surface area contributed by atoms with Gasteiger partial charge < -0.3 is 36.8 Å². The van der Waals surface area contributed by atoms with E-state index >= 15 is 0 Å². The van der Waals surface area contributed by atoms with Crippen LogP contribution in [0.1, 0.15) is 29.5 Å². The molecule has 0 aliphatic carbocycles. The monoisotopic (exact) mass is 638 g/mol. The van der Waals surface area contributed by atoms with E-state index in [1.165, 1.54) is 6.92 Å². The number of β-lactam (4-membered cyclic amide) rings is 1. The van der Waals surface area contributed by atoms with Gasteiger partial charge in [-0.05, 0) is 51.1 Å². The zero-order chi connectivity index (χ0) is 31.5. The SMILES string of the molecule is Cc1sc(N)nc1/C(=N/O[C@@H](COc1ccc(C(N)=N[C@@H]2CCNC2)cc1)C(=O)O)C(=O)N[C@@H]1C(=O)N(S(=O)(=O)O)[C@@H]1C. The Morgan fingerprint density at radius 1 is 1.33 bits per heavy atom. The minimum Gasteiger partial charge on any atom is -0.489 e. The van der Waals surface area contributed by atoms with Crippen LogP contribution in [-0.2, 0) is 29.5 Å². The lowest BCUT2D eigenvalue weighted by molar-refractivity contribution is -0.152. The smallest absolute Gasteiger partial charge is 0.362 e. The van der Waals surface area contributed by atoms with E-state index in [0.29, 0.717) is 22.0 Å². The minimum atomic E-state index is -4.82. The third-order valence-corrected chi connectivity index (χ3v) is 8.39. The second-order valence-corrected chi connectivity index (χ2v) is 12.2. The van der Waals surface area contributed by atoms with Crippen molar-refractivity contribution in [3.63, 3.8) is 0 Å². The number of amidine groups is 1. The fourth-order valence-corrected chi connectivity index (χ4v) is 5.89. The molecule has 19 heteroatoms. The number of carboxylic acid groups (broad SMARTS) is 1. The fourth-order valence-electron chi connectivity index (χ4n) is 4.32. The maximum atomic E-state index is 13.1. The summed E-state index contributed by atoms with van der Waals surface area (Å²) in [6, 6.07) is 4.18.